The smallest absolute Gasteiger partial charge is 0.143 e. The molecule has 2 unspecified atom stereocenters. The van der Waals surface area contributed by atoms with Crippen molar-refractivity contribution in [2.24, 2.45) is 17.1 Å². The maximum atomic E-state index is 13.9. The second kappa shape index (κ2) is 6.31. The van der Waals surface area contributed by atoms with Gasteiger partial charge in [0.25, 0.3) is 0 Å². The second-order valence-corrected chi connectivity index (χ2v) is 7.14. The Morgan fingerprint density at radius 3 is 2.37 bits per heavy atom. The van der Waals surface area contributed by atoms with Crippen molar-refractivity contribution in [3.05, 3.63) is 33.8 Å². The summed E-state index contributed by atoms with van der Waals surface area (Å²) in [7, 11) is 0. The molecule has 0 fully saturated rings. The maximum Gasteiger partial charge on any atom is 0.143 e. The Labute approximate surface area is 122 Å². The normalized spacial score (nSPS) is 15.4. The average Bonchev–Trinajstić information content (AvgIpc) is 2.28. The van der Waals surface area contributed by atoms with E-state index in [2.05, 4.69) is 43.6 Å². The third-order valence-electron chi connectivity index (χ3n) is 3.74. The van der Waals surface area contributed by atoms with Crippen LogP contribution in [0.5, 0.6) is 0 Å². The van der Waals surface area contributed by atoms with Crippen LogP contribution in [0, 0.1) is 23.0 Å². The highest BCUT2D eigenvalue weighted by molar-refractivity contribution is 9.10. The zero-order chi connectivity index (χ0) is 14.8. The molecule has 2 N–H and O–H groups in total. The molecule has 1 rings (SSSR count). The molecule has 108 valence electrons. The van der Waals surface area contributed by atoms with Crippen molar-refractivity contribution in [3.8, 4) is 0 Å². The first-order valence-electron chi connectivity index (χ1n) is 6.51. The molecule has 1 aromatic carbocycles. The van der Waals surface area contributed by atoms with Crippen molar-refractivity contribution >= 4 is 15.9 Å². The Morgan fingerprint density at radius 2 is 1.84 bits per heavy atom. The Kier molecular flexibility index (Phi) is 5.51. The zero-order valence-corrected chi connectivity index (χ0v) is 13.5. The van der Waals surface area contributed by atoms with E-state index in [1.807, 2.05) is 0 Å². The Bertz CT molecular complexity index is 441. The number of hydrogen-bond acceptors (Lipinski definition) is 1. The minimum atomic E-state index is -0.543. The third kappa shape index (κ3) is 4.53. The van der Waals surface area contributed by atoms with Crippen LogP contribution in [0.4, 0.5) is 8.78 Å². The molecule has 4 heteroatoms. The van der Waals surface area contributed by atoms with E-state index in [-0.39, 0.29) is 27.9 Å². The predicted octanol–water partition coefficient (Wildman–Crippen LogP) is 4.67. The molecule has 0 aromatic heterocycles. The van der Waals surface area contributed by atoms with Crippen LogP contribution in [0.3, 0.4) is 0 Å². The number of hydrogen-bond donors (Lipinski definition) is 1. The monoisotopic (exact) mass is 333 g/mol. The van der Waals surface area contributed by atoms with Crippen LogP contribution >= 0.6 is 15.9 Å². The van der Waals surface area contributed by atoms with Gasteiger partial charge in [-0.05, 0) is 52.2 Å². The lowest BCUT2D eigenvalue weighted by atomic mass is 9.78. The molecule has 0 saturated heterocycles. The largest absolute Gasteiger partial charge is 0.327 e. The van der Waals surface area contributed by atoms with Gasteiger partial charge < -0.3 is 5.73 Å². The van der Waals surface area contributed by atoms with E-state index in [4.69, 9.17) is 5.73 Å². The van der Waals surface area contributed by atoms with Crippen molar-refractivity contribution < 1.29 is 8.78 Å². The highest BCUT2D eigenvalue weighted by atomic mass is 79.9. The Balaban J connectivity index is 2.78. The van der Waals surface area contributed by atoms with E-state index in [0.29, 0.717) is 5.92 Å². The van der Waals surface area contributed by atoms with Crippen molar-refractivity contribution in [3.63, 3.8) is 0 Å². The lowest BCUT2D eigenvalue weighted by molar-refractivity contribution is 0.232. The molecule has 19 heavy (non-hydrogen) atoms. The van der Waals surface area contributed by atoms with Gasteiger partial charge >= 0.3 is 0 Å². The van der Waals surface area contributed by atoms with E-state index in [1.165, 1.54) is 12.1 Å². The molecule has 0 heterocycles. The van der Waals surface area contributed by atoms with Gasteiger partial charge in [0.15, 0.2) is 0 Å². The van der Waals surface area contributed by atoms with Crippen LogP contribution in [0.15, 0.2) is 16.6 Å². The number of benzene rings is 1. The first-order chi connectivity index (χ1) is 8.62. The third-order valence-corrected chi connectivity index (χ3v) is 4.35. The second-order valence-electron chi connectivity index (χ2n) is 6.29. The molecule has 0 amide bonds. The maximum absolute atomic E-state index is 13.9. The van der Waals surface area contributed by atoms with E-state index >= 15 is 0 Å². The lowest BCUT2D eigenvalue weighted by Crippen LogP contribution is -2.30. The van der Waals surface area contributed by atoms with Gasteiger partial charge in [-0.25, -0.2) is 8.78 Å². The van der Waals surface area contributed by atoms with Gasteiger partial charge in [-0.3, -0.25) is 0 Å². The van der Waals surface area contributed by atoms with Crippen LogP contribution in [-0.2, 0) is 6.42 Å². The molecule has 0 radical (unpaired) electrons. The van der Waals surface area contributed by atoms with Crippen LogP contribution in [-0.4, -0.2) is 6.04 Å². The molecular weight excluding hydrogens is 312 g/mol. The quantitative estimate of drug-likeness (QED) is 0.796. The van der Waals surface area contributed by atoms with E-state index < -0.39 is 11.6 Å². The summed E-state index contributed by atoms with van der Waals surface area (Å²) < 4.78 is 27.8. The summed E-state index contributed by atoms with van der Waals surface area (Å²) in [6.07, 6.45) is 0.965. The molecule has 0 bridgehead atoms. The highest BCUT2D eigenvalue weighted by Crippen LogP contribution is 2.30. The summed E-state index contributed by atoms with van der Waals surface area (Å²) in [5.74, 6) is -0.681. The molecule has 1 aromatic rings. The first-order valence-corrected chi connectivity index (χ1v) is 7.30. The highest BCUT2D eigenvalue weighted by Gasteiger charge is 2.23. The van der Waals surface area contributed by atoms with Crippen molar-refractivity contribution in [2.75, 3.05) is 0 Å². The Hall–Kier alpha value is -0.480. The summed E-state index contributed by atoms with van der Waals surface area (Å²) in [5, 5.41) is 0. The number of rotatable bonds is 4. The van der Waals surface area contributed by atoms with Gasteiger partial charge in [-0.15, -0.1) is 0 Å². The summed E-state index contributed by atoms with van der Waals surface area (Å²) in [4.78, 5) is 0. The topological polar surface area (TPSA) is 26.0 Å². The van der Waals surface area contributed by atoms with Crippen molar-refractivity contribution in [1.82, 2.24) is 0 Å². The van der Waals surface area contributed by atoms with Gasteiger partial charge in [-0.1, -0.05) is 27.7 Å². The lowest BCUT2D eigenvalue weighted by Gasteiger charge is -2.29. The van der Waals surface area contributed by atoms with Gasteiger partial charge in [0, 0.05) is 11.6 Å². The van der Waals surface area contributed by atoms with Crippen LogP contribution in [0.2, 0.25) is 0 Å². The fraction of sp³-hybridized carbons (Fsp3) is 0.600. The van der Waals surface area contributed by atoms with Crippen molar-refractivity contribution in [2.45, 2.75) is 46.6 Å². The molecule has 0 spiro atoms. The fourth-order valence-corrected chi connectivity index (χ4v) is 2.28. The van der Waals surface area contributed by atoms with E-state index in [0.717, 1.165) is 6.42 Å². The molecular formula is C15H22BrF2N. The van der Waals surface area contributed by atoms with Crippen LogP contribution in [0.25, 0.3) is 0 Å². The molecule has 0 aliphatic carbocycles. The molecule has 0 saturated carbocycles. The first kappa shape index (κ1) is 16.6. The van der Waals surface area contributed by atoms with Gasteiger partial charge in [0.05, 0.1) is 4.47 Å². The summed E-state index contributed by atoms with van der Waals surface area (Å²) in [6, 6.07) is 2.40. The average molecular weight is 334 g/mol. The minimum Gasteiger partial charge on any atom is -0.327 e. The minimum absolute atomic E-state index is 0.0722. The predicted molar refractivity (Wildman–Crippen MR) is 79.0 cm³/mol. The SMILES string of the molecule is CC(CC(N)Cc1c(F)ccc(Br)c1F)C(C)(C)C. The number of nitrogens with two attached hydrogens (primary N) is 1. The van der Waals surface area contributed by atoms with E-state index in [9.17, 15) is 8.78 Å². The standard InChI is InChI=1S/C15H22BrF2N/c1-9(15(2,3)4)7-10(19)8-11-13(17)6-5-12(16)14(11)18/h5-6,9-10H,7-8,19H2,1-4H3. The van der Waals surface area contributed by atoms with Crippen LogP contribution < -0.4 is 5.73 Å². The van der Waals surface area contributed by atoms with Gasteiger partial charge in [0.1, 0.15) is 11.6 Å². The molecule has 0 aliphatic heterocycles. The van der Waals surface area contributed by atoms with Crippen LogP contribution in [0.1, 0.15) is 39.7 Å². The Morgan fingerprint density at radius 1 is 1.26 bits per heavy atom. The summed E-state index contributed by atoms with van der Waals surface area (Å²) in [6.45, 7) is 8.55. The number of halogens is 3. The summed E-state index contributed by atoms with van der Waals surface area (Å²) >= 11 is 3.07. The molecule has 1 nitrogen and oxygen atoms in total. The van der Waals surface area contributed by atoms with Gasteiger partial charge in [0.2, 0.25) is 0 Å². The zero-order valence-electron chi connectivity index (χ0n) is 11.9. The van der Waals surface area contributed by atoms with Gasteiger partial charge in [-0.2, -0.15) is 0 Å². The van der Waals surface area contributed by atoms with Crippen molar-refractivity contribution in [1.29, 1.82) is 0 Å². The molecule has 0 aliphatic rings. The summed E-state index contributed by atoms with van der Waals surface area (Å²) in [5.41, 5.74) is 6.26. The molecule has 2 atom stereocenters. The fourth-order valence-electron chi connectivity index (χ4n) is 1.91. The van der Waals surface area contributed by atoms with E-state index in [1.54, 1.807) is 0 Å².